The molecule has 0 bridgehead atoms. The fraction of sp³-hybridized carbons (Fsp3) is 0.391. The zero-order valence-electron chi connectivity index (χ0n) is 17.8. The Labute approximate surface area is 182 Å². The van der Waals surface area contributed by atoms with Crippen molar-refractivity contribution >= 4 is 29.3 Å². The number of thioether (sulfide) groups is 1. The molecule has 1 atom stereocenters. The molecule has 1 unspecified atom stereocenters. The van der Waals surface area contributed by atoms with Crippen LogP contribution in [0.25, 0.3) is 0 Å². The van der Waals surface area contributed by atoms with Crippen LogP contribution in [-0.4, -0.2) is 67.2 Å². The van der Waals surface area contributed by atoms with Crippen LogP contribution in [0, 0.1) is 0 Å². The summed E-state index contributed by atoms with van der Waals surface area (Å²) < 4.78 is 5.40. The molecule has 1 N–H and O–H groups in total. The van der Waals surface area contributed by atoms with Gasteiger partial charge in [-0.3, -0.25) is 9.59 Å². The molecule has 1 aliphatic heterocycles. The van der Waals surface area contributed by atoms with Crippen LogP contribution in [-0.2, 0) is 10.5 Å². The third-order valence-electron chi connectivity index (χ3n) is 5.21. The molecule has 1 fully saturated rings. The largest absolute Gasteiger partial charge is 0.495 e. The lowest BCUT2D eigenvalue weighted by molar-refractivity contribution is -0.115. The van der Waals surface area contributed by atoms with E-state index in [1.54, 1.807) is 37.1 Å². The number of anilines is 1. The first-order chi connectivity index (χ1) is 14.5. The standard InChI is InChI=1S/C23H29N3O3S/c1-17(30-16-18-7-5-4-6-8-18)22(27)24-20-15-19(9-10-21(20)29-3)23(28)26-13-11-25(2)12-14-26/h4-10,15,17H,11-14,16H2,1-3H3,(H,24,27). The van der Waals surface area contributed by atoms with E-state index in [-0.39, 0.29) is 17.1 Å². The molecule has 1 heterocycles. The molecule has 7 heteroatoms. The van der Waals surface area contributed by atoms with E-state index >= 15 is 0 Å². The molecule has 1 aliphatic rings. The Balaban J connectivity index is 1.65. The number of rotatable bonds is 7. The first kappa shape index (κ1) is 22.2. The Kier molecular flexibility index (Phi) is 7.76. The third-order valence-corrected chi connectivity index (χ3v) is 6.42. The van der Waals surface area contributed by atoms with Gasteiger partial charge in [0.25, 0.3) is 5.91 Å². The Morgan fingerprint density at radius 3 is 2.47 bits per heavy atom. The second-order valence-electron chi connectivity index (χ2n) is 7.44. The number of carbonyl (C=O) groups excluding carboxylic acids is 2. The van der Waals surface area contributed by atoms with Crippen LogP contribution in [0.4, 0.5) is 5.69 Å². The molecule has 0 aromatic heterocycles. The van der Waals surface area contributed by atoms with Gasteiger partial charge in [-0.15, -0.1) is 11.8 Å². The van der Waals surface area contributed by atoms with Gasteiger partial charge < -0.3 is 19.9 Å². The zero-order valence-corrected chi connectivity index (χ0v) is 18.6. The number of likely N-dealkylation sites (N-methyl/N-ethyl adjacent to an activating group) is 1. The topological polar surface area (TPSA) is 61.9 Å². The van der Waals surface area contributed by atoms with E-state index in [1.807, 2.05) is 42.2 Å². The van der Waals surface area contributed by atoms with Gasteiger partial charge in [0.1, 0.15) is 5.75 Å². The number of nitrogens with zero attached hydrogens (tertiary/aromatic N) is 2. The summed E-state index contributed by atoms with van der Waals surface area (Å²) in [7, 11) is 3.61. The number of carbonyl (C=O) groups is 2. The number of benzene rings is 2. The minimum atomic E-state index is -0.244. The van der Waals surface area contributed by atoms with E-state index in [2.05, 4.69) is 17.3 Å². The molecule has 30 heavy (non-hydrogen) atoms. The summed E-state index contributed by atoms with van der Waals surface area (Å²) in [6.45, 7) is 5.02. The van der Waals surface area contributed by atoms with Crippen molar-refractivity contribution in [2.45, 2.75) is 17.9 Å². The highest BCUT2D eigenvalue weighted by molar-refractivity contribution is 7.99. The second kappa shape index (κ2) is 10.5. The molecule has 0 spiro atoms. The normalized spacial score (nSPS) is 15.5. The lowest BCUT2D eigenvalue weighted by Crippen LogP contribution is -2.47. The highest BCUT2D eigenvalue weighted by Crippen LogP contribution is 2.28. The van der Waals surface area contributed by atoms with Gasteiger partial charge in [-0.25, -0.2) is 0 Å². The van der Waals surface area contributed by atoms with E-state index in [1.165, 1.54) is 5.56 Å². The minimum absolute atomic E-state index is 0.0206. The van der Waals surface area contributed by atoms with Crippen molar-refractivity contribution < 1.29 is 14.3 Å². The maximum absolute atomic E-state index is 12.9. The smallest absolute Gasteiger partial charge is 0.254 e. The van der Waals surface area contributed by atoms with Crippen LogP contribution in [0.2, 0.25) is 0 Å². The summed E-state index contributed by atoms with van der Waals surface area (Å²) in [4.78, 5) is 29.7. The summed E-state index contributed by atoms with van der Waals surface area (Å²) in [5, 5.41) is 2.70. The number of hydrogen-bond acceptors (Lipinski definition) is 5. The molecule has 2 aromatic rings. The molecule has 2 aromatic carbocycles. The van der Waals surface area contributed by atoms with Crippen molar-refractivity contribution in [1.29, 1.82) is 0 Å². The second-order valence-corrected chi connectivity index (χ2v) is 8.77. The van der Waals surface area contributed by atoms with Gasteiger partial charge >= 0.3 is 0 Å². The van der Waals surface area contributed by atoms with Crippen LogP contribution in [0.5, 0.6) is 5.75 Å². The van der Waals surface area contributed by atoms with Crippen LogP contribution >= 0.6 is 11.8 Å². The molecule has 160 valence electrons. The van der Waals surface area contributed by atoms with E-state index in [0.29, 0.717) is 30.1 Å². The third kappa shape index (κ3) is 5.77. The quantitative estimate of drug-likeness (QED) is 0.734. The van der Waals surface area contributed by atoms with E-state index < -0.39 is 0 Å². The lowest BCUT2D eigenvalue weighted by atomic mass is 10.1. The highest BCUT2D eigenvalue weighted by atomic mass is 32.2. The molecule has 2 amide bonds. The number of methoxy groups -OCH3 is 1. The first-order valence-corrected chi connectivity index (χ1v) is 11.1. The molecule has 3 rings (SSSR count). The van der Waals surface area contributed by atoms with Gasteiger partial charge in [0.15, 0.2) is 0 Å². The number of hydrogen-bond donors (Lipinski definition) is 1. The fourth-order valence-electron chi connectivity index (χ4n) is 3.24. The Morgan fingerprint density at radius 1 is 1.10 bits per heavy atom. The maximum Gasteiger partial charge on any atom is 0.254 e. The summed E-state index contributed by atoms with van der Waals surface area (Å²) >= 11 is 1.57. The number of amides is 2. The summed E-state index contributed by atoms with van der Waals surface area (Å²) in [6.07, 6.45) is 0. The molecule has 1 saturated heterocycles. The van der Waals surface area contributed by atoms with Crippen molar-refractivity contribution in [2.75, 3.05) is 45.7 Å². The minimum Gasteiger partial charge on any atom is -0.495 e. The molecule has 6 nitrogen and oxygen atoms in total. The van der Waals surface area contributed by atoms with Crippen LogP contribution < -0.4 is 10.1 Å². The van der Waals surface area contributed by atoms with Crippen molar-refractivity contribution in [3.8, 4) is 5.75 Å². The van der Waals surface area contributed by atoms with Crippen LogP contribution in [0.15, 0.2) is 48.5 Å². The van der Waals surface area contributed by atoms with Gasteiger partial charge in [0.2, 0.25) is 5.91 Å². The SMILES string of the molecule is COc1ccc(C(=O)N2CCN(C)CC2)cc1NC(=O)C(C)SCc1ccccc1. The van der Waals surface area contributed by atoms with Gasteiger partial charge in [-0.05, 0) is 37.7 Å². The van der Waals surface area contributed by atoms with Gasteiger partial charge in [0, 0.05) is 37.5 Å². The lowest BCUT2D eigenvalue weighted by Gasteiger charge is -2.32. The van der Waals surface area contributed by atoms with E-state index in [4.69, 9.17) is 4.74 Å². The number of nitrogens with one attached hydrogen (secondary N) is 1. The molecule has 0 aliphatic carbocycles. The van der Waals surface area contributed by atoms with Crippen molar-refractivity contribution in [1.82, 2.24) is 9.80 Å². The van der Waals surface area contributed by atoms with E-state index in [0.717, 1.165) is 18.8 Å². The van der Waals surface area contributed by atoms with Crippen molar-refractivity contribution in [2.24, 2.45) is 0 Å². The maximum atomic E-state index is 12.9. The van der Waals surface area contributed by atoms with Gasteiger partial charge in [0.05, 0.1) is 18.0 Å². The fourth-order valence-corrected chi connectivity index (χ4v) is 4.08. The summed E-state index contributed by atoms with van der Waals surface area (Å²) in [6, 6.07) is 15.3. The average molecular weight is 428 g/mol. The summed E-state index contributed by atoms with van der Waals surface area (Å²) in [5.41, 5.74) is 2.26. The monoisotopic (exact) mass is 427 g/mol. The Morgan fingerprint density at radius 2 is 1.80 bits per heavy atom. The predicted octanol–water partition coefficient (Wildman–Crippen LogP) is 3.34. The molecule has 0 radical (unpaired) electrons. The van der Waals surface area contributed by atoms with E-state index in [9.17, 15) is 9.59 Å². The molecular formula is C23H29N3O3S. The zero-order chi connectivity index (χ0) is 21.5. The van der Waals surface area contributed by atoms with Crippen LogP contribution in [0.3, 0.4) is 0 Å². The Hall–Kier alpha value is -2.51. The molecule has 0 saturated carbocycles. The Bertz CT molecular complexity index is 867. The number of ether oxygens (including phenoxy) is 1. The van der Waals surface area contributed by atoms with Gasteiger partial charge in [-0.1, -0.05) is 30.3 Å². The number of piperazine rings is 1. The van der Waals surface area contributed by atoms with Crippen molar-refractivity contribution in [3.05, 3.63) is 59.7 Å². The van der Waals surface area contributed by atoms with Crippen LogP contribution in [0.1, 0.15) is 22.8 Å². The molecular weight excluding hydrogens is 398 g/mol. The predicted molar refractivity (Wildman–Crippen MR) is 122 cm³/mol. The first-order valence-electron chi connectivity index (χ1n) is 10.1. The van der Waals surface area contributed by atoms with Crippen molar-refractivity contribution in [3.63, 3.8) is 0 Å². The van der Waals surface area contributed by atoms with Gasteiger partial charge in [-0.2, -0.15) is 0 Å². The highest BCUT2D eigenvalue weighted by Gasteiger charge is 2.22. The average Bonchev–Trinajstić information content (AvgIpc) is 2.78. The summed E-state index contributed by atoms with van der Waals surface area (Å²) in [5.74, 6) is 1.17.